The van der Waals surface area contributed by atoms with Crippen LogP contribution >= 0.6 is 11.8 Å². The lowest BCUT2D eigenvalue weighted by Gasteiger charge is -2.30. The highest BCUT2D eigenvalue weighted by atomic mass is 32.2. The van der Waals surface area contributed by atoms with Crippen molar-refractivity contribution in [2.24, 2.45) is 0 Å². The molecule has 0 fully saturated rings. The van der Waals surface area contributed by atoms with Gasteiger partial charge in [-0.25, -0.2) is 0 Å². The van der Waals surface area contributed by atoms with Crippen molar-refractivity contribution in [1.29, 1.82) is 0 Å². The van der Waals surface area contributed by atoms with Crippen LogP contribution in [0.15, 0.2) is 53.4 Å². The van der Waals surface area contributed by atoms with Gasteiger partial charge in [-0.3, -0.25) is 9.59 Å². The number of nitrogens with one attached hydrogen (secondary N) is 1. The summed E-state index contributed by atoms with van der Waals surface area (Å²) in [6.07, 6.45) is 0.552. The zero-order valence-electron chi connectivity index (χ0n) is 16.9. The molecule has 0 heterocycles. The summed E-state index contributed by atoms with van der Waals surface area (Å²) < 4.78 is 5.19. The minimum absolute atomic E-state index is 0.0585. The average molecular weight is 401 g/mol. The zero-order valence-corrected chi connectivity index (χ0v) is 17.7. The number of amides is 2. The third-order valence-electron chi connectivity index (χ3n) is 4.53. The third kappa shape index (κ3) is 6.02. The molecule has 0 radical (unpaired) electrons. The van der Waals surface area contributed by atoms with Crippen molar-refractivity contribution in [3.05, 3.63) is 59.7 Å². The van der Waals surface area contributed by atoms with E-state index < -0.39 is 6.04 Å². The molecule has 0 saturated carbocycles. The van der Waals surface area contributed by atoms with Crippen LogP contribution in [0.1, 0.15) is 24.5 Å². The van der Waals surface area contributed by atoms with Gasteiger partial charge in [-0.2, -0.15) is 0 Å². The standard InChI is InChI=1S/C22H28N2O3S/c1-5-20(22(26)23-3)24(14-17-8-10-18(27-4)11-9-17)21(25)15-28-19-12-6-16(2)7-13-19/h6-13,20H,5,14-15H2,1-4H3,(H,23,26)/t20-/m1/s1. The van der Waals surface area contributed by atoms with E-state index in [0.29, 0.717) is 13.0 Å². The van der Waals surface area contributed by atoms with Crippen LogP contribution in [-0.4, -0.2) is 42.7 Å². The number of methoxy groups -OCH3 is 1. The van der Waals surface area contributed by atoms with Gasteiger partial charge in [-0.1, -0.05) is 36.8 Å². The molecule has 6 heteroatoms. The minimum atomic E-state index is -0.502. The predicted octanol–water partition coefficient (Wildman–Crippen LogP) is 3.65. The van der Waals surface area contributed by atoms with Crippen molar-refractivity contribution in [2.45, 2.75) is 37.8 Å². The summed E-state index contributed by atoms with van der Waals surface area (Å²) in [6, 6.07) is 15.1. The van der Waals surface area contributed by atoms with Gasteiger partial charge in [-0.15, -0.1) is 11.8 Å². The Morgan fingerprint density at radius 1 is 1.11 bits per heavy atom. The highest BCUT2D eigenvalue weighted by Crippen LogP contribution is 2.21. The van der Waals surface area contributed by atoms with Crippen molar-refractivity contribution < 1.29 is 14.3 Å². The molecule has 0 bridgehead atoms. The molecule has 2 rings (SSSR count). The fourth-order valence-corrected chi connectivity index (χ4v) is 3.66. The molecule has 2 amide bonds. The van der Waals surface area contributed by atoms with E-state index in [1.165, 1.54) is 17.3 Å². The molecule has 1 N–H and O–H groups in total. The van der Waals surface area contributed by atoms with Crippen LogP contribution in [0.4, 0.5) is 0 Å². The predicted molar refractivity (Wildman–Crippen MR) is 114 cm³/mol. The molecule has 0 saturated heterocycles. The van der Waals surface area contributed by atoms with Gasteiger partial charge >= 0.3 is 0 Å². The molecule has 0 aliphatic heterocycles. The molecule has 5 nitrogen and oxygen atoms in total. The van der Waals surface area contributed by atoms with Crippen molar-refractivity contribution in [2.75, 3.05) is 19.9 Å². The summed E-state index contributed by atoms with van der Waals surface area (Å²) in [7, 11) is 3.22. The number of ether oxygens (including phenoxy) is 1. The number of carbonyl (C=O) groups excluding carboxylic acids is 2. The Kier molecular flexibility index (Phi) is 8.39. The number of aryl methyl sites for hydroxylation is 1. The number of nitrogens with zero attached hydrogens (tertiary/aromatic N) is 1. The van der Waals surface area contributed by atoms with Gasteiger partial charge in [0.1, 0.15) is 11.8 Å². The molecule has 0 aromatic heterocycles. The lowest BCUT2D eigenvalue weighted by molar-refractivity contribution is -0.139. The molecule has 28 heavy (non-hydrogen) atoms. The lowest BCUT2D eigenvalue weighted by atomic mass is 10.1. The highest BCUT2D eigenvalue weighted by molar-refractivity contribution is 8.00. The SMILES string of the molecule is CC[C@H](C(=O)NC)N(Cc1ccc(OC)cc1)C(=O)CSc1ccc(C)cc1. The second kappa shape index (κ2) is 10.8. The van der Waals surface area contributed by atoms with Crippen LogP contribution in [0.5, 0.6) is 5.75 Å². The van der Waals surface area contributed by atoms with Crippen molar-refractivity contribution in [3.8, 4) is 5.75 Å². The topological polar surface area (TPSA) is 58.6 Å². The first-order chi connectivity index (χ1) is 13.5. The molecule has 0 aliphatic rings. The Morgan fingerprint density at radius 2 is 1.75 bits per heavy atom. The number of benzene rings is 2. The number of thioether (sulfide) groups is 1. The molecular weight excluding hydrogens is 372 g/mol. The molecule has 150 valence electrons. The lowest BCUT2D eigenvalue weighted by Crippen LogP contribution is -2.48. The van der Waals surface area contributed by atoms with Crippen LogP contribution < -0.4 is 10.1 Å². The fraction of sp³-hybridized carbons (Fsp3) is 0.364. The van der Waals surface area contributed by atoms with E-state index in [-0.39, 0.29) is 17.6 Å². The first-order valence-electron chi connectivity index (χ1n) is 9.32. The average Bonchev–Trinajstić information content (AvgIpc) is 2.73. The normalized spacial score (nSPS) is 11.6. The second-order valence-electron chi connectivity index (χ2n) is 6.51. The van der Waals surface area contributed by atoms with E-state index in [4.69, 9.17) is 4.74 Å². The van der Waals surface area contributed by atoms with Crippen molar-refractivity contribution in [3.63, 3.8) is 0 Å². The maximum Gasteiger partial charge on any atom is 0.242 e. The Balaban J connectivity index is 2.16. The Bertz CT molecular complexity index is 775. The van der Waals surface area contributed by atoms with Crippen LogP contribution in [0.25, 0.3) is 0 Å². The van der Waals surface area contributed by atoms with E-state index in [9.17, 15) is 9.59 Å². The van der Waals surface area contributed by atoms with E-state index in [2.05, 4.69) is 5.32 Å². The van der Waals surface area contributed by atoms with Crippen molar-refractivity contribution in [1.82, 2.24) is 10.2 Å². The van der Waals surface area contributed by atoms with Gasteiger partial charge < -0.3 is 15.0 Å². The molecule has 2 aromatic carbocycles. The van der Waals surface area contributed by atoms with Gasteiger partial charge in [-0.05, 0) is 43.2 Å². The zero-order chi connectivity index (χ0) is 20.5. The smallest absolute Gasteiger partial charge is 0.242 e. The largest absolute Gasteiger partial charge is 0.497 e. The summed E-state index contributed by atoms with van der Waals surface area (Å²) in [5.41, 5.74) is 2.14. The van der Waals surface area contributed by atoms with Gasteiger partial charge in [0.25, 0.3) is 0 Å². The number of hydrogen-bond acceptors (Lipinski definition) is 4. The number of likely N-dealkylation sites (N-methyl/N-ethyl adjacent to an activating group) is 1. The maximum absolute atomic E-state index is 13.0. The monoisotopic (exact) mass is 400 g/mol. The van der Waals surface area contributed by atoms with Crippen molar-refractivity contribution >= 4 is 23.6 Å². The van der Waals surface area contributed by atoms with Crippen LogP contribution in [0, 0.1) is 6.92 Å². The van der Waals surface area contributed by atoms with Gasteiger partial charge in [0.15, 0.2) is 0 Å². The molecule has 2 aromatic rings. The number of hydrogen-bond donors (Lipinski definition) is 1. The summed E-state index contributed by atoms with van der Waals surface area (Å²) in [5.74, 6) is 0.837. The molecule has 0 aliphatic carbocycles. The fourth-order valence-electron chi connectivity index (χ4n) is 2.88. The van der Waals surface area contributed by atoms with Gasteiger partial charge in [0.2, 0.25) is 11.8 Å². The first kappa shape index (κ1) is 21.8. The van der Waals surface area contributed by atoms with E-state index in [1.54, 1.807) is 19.1 Å². The summed E-state index contributed by atoms with van der Waals surface area (Å²) in [6.45, 7) is 4.33. The molecule has 0 spiro atoms. The first-order valence-corrected chi connectivity index (χ1v) is 10.3. The number of rotatable bonds is 9. The Labute approximate surface area is 171 Å². The van der Waals surface area contributed by atoms with Crippen LogP contribution in [0.2, 0.25) is 0 Å². The van der Waals surface area contributed by atoms with Crippen LogP contribution in [0.3, 0.4) is 0 Å². The quantitative estimate of drug-likeness (QED) is 0.653. The molecular formula is C22H28N2O3S. The maximum atomic E-state index is 13.0. The molecule has 1 atom stereocenters. The highest BCUT2D eigenvalue weighted by Gasteiger charge is 2.27. The van der Waals surface area contributed by atoms with Crippen LogP contribution in [-0.2, 0) is 16.1 Å². The summed E-state index contributed by atoms with van der Waals surface area (Å²) in [5, 5.41) is 2.68. The number of carbonyl (C=O) groups is 2. The van der Waals surface area contributed by atoms with E-state index in [1.807, 2.05) is 62.4 Å². The Hall–Kier alpha value is -2.47. The second-order valence-corrected chi connectivity index (χ2v) is 7.56. The van der Waals surface area contributed by atoms with Gasteiger partial charge in [0, 0.05) is 18.5 Å². The van der Waals surface area contributed by atoms with Gasteiger partial charge in [0.05, 0.1) is 12.9 Å². The summed E-state index contributed by atoms with van der Waals surface area (Å²) in [4.78, 5) is 28.1. The Morgan fingerprint density at radius 3 is 2.29 bits per heavy atom. The van der Waals surface area contributed by atoms with E-state index >= 15 is 0 Å². The molecule has 0 unspecified atom stereocenters. The minimum Gasteiger partial charge on any atom is -0.497 e. The third-order valence-corrected chi connectivity index (χ3v) is 5.52. The summed E-state index contributed by atoms with van der Waals surface area (Å²) >= 11 is 1.49. The van der Waals surface area contributed by atoms with E-state index in [0.717, 1.165) is 16.2 Å².